The third kappa shape index (κ3) is 3.20. The highest BCUT2D eigenvalue weighted by Crippen LogP contribution is 2.43. The van der Waals surface area contributed by atoms with Gasteiger partial charge in [0.15, 0.2) is 0 Å². The van der Waals surface area contributed by atoms with Crippen molar-refractivity contribution in [2.75, 3.05) is 13.2 Å². The van der Waals surface area contributed by atoms with Crippen molar-refractivity contribution in [2.24, 2.45) is 5.73 Å². The SMILES string of the molecule is NCC#Cc1ccc(OC2CCOC3(CCC3)C2)cc1F. The van der Waals surface area contributed by atoms with Gasteiger partial charge in [-0.3, -0.25) is 0 Å². The Morgan fingerprint density at radius 3 is 2.95 bits per heavy atom. The topological polar surface area (TPSA) is 44.5 Å². The second-order valence-corrected chi connectivity index (χ2v) is 5.77. The highest BCUT2D eigenvalue weighted by atomic mass is 19.1. The molecule has 0 bridgehead atoms. The smallest absolute Gasteiger partial charge is 0.142 e. The molecule has 1 heterocycles. The van der Waals surface area contributed by atoms with Crippen molar-refractivity contribution in [3.8, 4) is 17.6 Å². The molecule has 0 radical (unpaired) electrons. The van der Waals surface area contributed by atoms with E-state index in [2.05, 4.69) is 11.8 Å². The third-order valence-corrected chi connectivity index (χ3v) is 4.28. The van der Waals surface area contributed by atoms with Crippen molar-refractivity contribution in [2.45, 2.75) is 43.8 Å². The highest BCUT2D eigenvalue weighted by molar-refractivity contribution is 5.40. The van der Waals surface area contributed by atoms with Crippen molar-refractivity contribution < 1.29 is 13.9 Å². The van der Waals surface area contributed by atoms with Crippen LogP contribution in [0.3, 0.4) is 0 Å². The van der Waals surface area contributed by atoms with Gasteiger partial charge in [0.25, 0.3) is 0 Å². The van der Waals surface area contributed by atoms with Gasteiger partial charge in [-0.15, -0.1) is 0 Å². The van der Waals surface area contributed by atoms with E-state index in [9.17, 15) is 4.39 Å². The first-order valence-electron chi connectivity index (χ1n) is 7.50. The molecule has 1 aliphatic carbocycles. The monoisotopic (exact) mass is 289 g/mol. The Bertz CT molecular complexity index is 572. The molecular weight excluding hydrogens is 269 g/mol. The van der Waals surface area contributed by atoms with E-state index in [1.807, 2.05) is 0 Å². The standard InChI is InChI=1S/C17H20FNO2/c18-16-11-14(5-4-13(16)3-1-9-19)21-15-6-10-20-17(12-15)7-2-8-17/h4-5,11,15H,2,6-10,12,19H2. The highest BCUT2D eigenvalue weighted by Gasteiger charge is 2.43. The van der Waals surface area contributed by atoms with Crippen LogP contribution in [0.2, 0.25) is 0 Å². The van der Waals surface area contributed by atoms with E-state index < -0.39 is 0 Å². The molecule has 4 heteroatoms. The van der Waals surface area contributed by atoms with E-state index in [0.29, 0.717) is 11.3 Å². The largest absolute Gasteiger partial charge is 0.490 e. The summed E-state index contributed by atoms with van der Waals surface area (Å²) in [6.07, 6.45) is 5.35. The molecule has 1 unspecified atom stereocenters. The van der Waals surface area contributed by atoms with Gasteiger partial charge in [-0.25, -0.2) is 4.39 Å². The molecule has 1 spiro atoms. The summed E-state index contributed by atoms with van der Waals surface area (Å²) in [6, 6.07) is 4.82. The van der Waals surface area contributed by atoms with E-state index in [1.165, 1.54) is 12.5 Å². The maximum absolute atomic E-state index is 13.9. The lowest BCUT2D eigenvalue weighted by atomic mass is 9.74. The van der Waals surface area contributed by atoms with Gasteiger partial charge in [0, 0.05) is 18.9 Å². The van der Waals surface area contributed by atoms with E-state index in [-0.39, 0.29) is 24.1 Å². The quantitative estimate of drug-likeness (QED) is 0.851. The van der Waals surface area contributed by atoms with Gasteiger partial charge in [-0.05, 0) is 31.4 Å². The van der Waals surface area contributed by atoms with Gasteiger partial charge in [0.05, 0.1) is 24.3 Å². The second-order valence-electron chi connectivity index (χ2n) is 5.77. The Morgan fingerprint density at radius 1 is 1.43 bits per heavy atom. The van der Waals surface area contributed by atoms with Crippen LogP contribution in [0, 0.1) is 17.7 Å². The second kappa shape index (κ2) is 6.05. The molecule has 1 atom stereocenters. The molecule has 1 saturated heterocycles. The first kappa shape index (κ1) is 14.4. The summed E-state index contributed by atoms with van der Waals surface area (Å²) in [5.74, 6) is 5.56. The minimum Gasteiger partial charge on any atom is -0.490 e. The summed E-state index contributed by atoms with van der Waals surface area (Å²) < 4.78 is 25.7. The number of hydrogen-bond acceptors (Lipinski definition) is 3. The zero-order valence-corrected chi connectivity index (χ0v) is 12.0. The molecular formula is C17H20FNO2. The molecule has 1 aliphatic heterocycles. The fraction of sp³-hybridized carbons (Fsp3) is 0.529. The Morgan fingerprint density at radius 2 is 2.29 bits per heavy atom. The Kier molecular flexibility index (Phi) is 4.14. The van der Waals surface area contributed by atoms with Crippen LogP contribution in [-0.4, -0.2) is 24.9 Å². The molecule has 1 aromatic carbocycles. The van der Waals surface area contributed by atoms with E-state index in [0.717, 1.165) is 32.3 Å². The number of benzene rings is 1. The zero-order valence-electron chi connectivity index (χ0n) is 12.0. The summed E-state index contributed by atoms with van der Waals surface area (Å²) in [5.41, 5.74) is 5.68. The van der Waals surface area contributed by atoms with Crippen LogP contribution < -0.4 is 10.5 Å². The summed E-state index contributed by atoms with van der Waals surface area (Å²) in [7, 11) is 0. The molecule has 0 amide bonds. The average Bonchev–Trinajstić information content (AvgIpc) is 2.45. The molecule has 1 saturated carbocycles. The van der Waals surface area contributed by atoms with Crippen molar-refractivity contribution in [3.63, 3.8) is 0 Å². The fourth-order valence-corrected chi connectivity index (χ4v) is 3.01. The Labute approximate surface area is 124 Å². The van der Waals surface area contributed by atoms with E-state index in [4.69, 9.17) is 15.2 Å². The van der Waals surface area contributed by atoms with Gasteiger partial charge in [0.1, 0.15) is 17.7 Å². The van der Waals surface area contributed by atoms with Crippen molar-refractivity contribution in [1.82, 2.24) is 0 Å². The van der Waals surface area contributed by atoms with Gasteiger partial charge in [-0.2, -0.15) is 0 Å². The third-order valence-electron chi connectivity index (χ3n) is 4.28. The van der Waals surface area contributed by atoms with Crippen LogP contribution in [0.1, 0.15) is 37.7 Å². The fourth-order valence-electron chi connectivity index (χ4n) is 3.01. The summed E-state index contributed by atoms with van der Waals surface area (Å²) in [6.45, 7) is 0.953. The van der Waals surface area contributed by atoms with Gasteiger partial charge in [0.2, 0.25) is 0 Å². The van der Waals surface area contributed by atoms with Crippen molar-refractivity contribution in [1.29, 1.82) is 0 Å². The van der Waals surface area contributed by atoms with Crippen molar-refractivity contribution >= 4 is 0 Å². The van der Waals surface area contributed by atoms with Crippen LogP contribution in [0.5, 0.6) is 5.75 Å². The number of hydrogen-bond donors (Lipinski definition) is 1. The Hall–Kier alpha value is -1.57. The molecule has 21 heavy (non-hydrogen) atoms. The molecule has 0 aromatic heterocycles. The minimum absolute atomic E-state index is 0.0357. The normalized spacial score (nSPS) is 23.0. The number of halogens is 1. The summed E-state index contributed by atoms with van der Waals surface area (Å²) in [5, 5.41) is 0. The summed E-state index contributed by atoms with van der Waals surface area (Å²) in [4.78, 5) is 0. The lowest BCUT2D eigenvalue weighted by molar-refractivity contribution is -0.153. The van der Waals surface area contributed by atoms with Crippen molar-refractivity contribution in [3.05, 3.63) is 29.6 Å². The number of rotatable bonds is 2. The number of nitrogens with two attached hydrogens (primary N) is 1. The zero-order chi connectivity index (χ0) is 14.7. The molecule has 2 aliphatic rings. The maximum Gasteiger partial charge on any atom is 0.142 e. The van der Waals surface area contributed by atoms with Crippen LogP contribution in [0.25, 0.3) is 0 Å². The predicted molar refractivity (Wildman–Crippen MR) is 78.5 cm³/mol. The van der Waals surface area contributed by atoms with Gasteiger partial charge < -0.3 is 15.2 Å². The van der Waals surface area contributed by atoms with E-state index in [1.54, 1.807) is 12.1 Å². The number of ether oxygens (including phenoxy) is 2. The summed E-state index contributed by atoms with van der Waals surface area (Å²) >= 11 is 0. The average molecular weight is 289 g/mol. The lowest BCUT2D eigenvalue weighted by Crippen LogP contribution is -2.48. The predicted octanol–water partition coefficient (Wildman–Crippen LogP) is 2.62. The Balaban J connectivity index is 1.66. The first-order valence-corrected chi connectivity index (χ1v) is 7.50. The molecule has 2 N–H and O–H groups in total. The van der Waals surface area contributed by atoms with Crippen LogP contribution in [-0.2, 0) is 4.74 Å². The maximum atomic E-state index is 13.9. The van der Waals surface area contributed by atoms with Crippen LogP contribution >= 0.6 is 0 Å². The molecule has 112 valence electrons. The van der Waals surface area contributed by atoms with Gasteiger partial charge >= 0.3 is 0 Å². The molecule has 3 nitrogen and oxygen atoms in total. The van der Waals surface area contributed by atoms with E-state index >= 15 is 0 Å². The molecule has 3 rings (SSSR count). The molecule has 1 aromatic rings. The van der Waals surface area contributed by atoms with Crippen LogP contribution in [0.15, 0.2) is 18.2 Å². The minimum atomic E-state index is -0.362. The molecule has 2 fully saturated rings. The lowest BCUT2D eigenvalue weighted by Gasteiger charge is -2.46. The first-order chi connectivity index (χ1) is 10.2. The van der Waals surface area contributed by atoms with Gasteiger partial charge in [-0.1, -0.05) is 11.8 Å². The van der Waals surface area contributed by atoms with Crippen LogP contribution in [0.4, 0.5) is 4.39 Å².